The quantitative estimate of drug-likeness (QED) is 0.466. The number of hydrogen-bond donors (Lipinski definition) is 2. The molecule has 35 heavy (non-hydrogen) atoms. The third-order valence-corrected chi connectivity index (χ3v) is 7.10. The highest BCUT2D eigenvalue weighted by Gasteiger charge is 2.27. The van der Waals surface area contributed by atoms with Gasteiger partial charge in [0, 0.05) is 38.4 Å². The van der Waals surface area contributed by atoms with Gasteiger partial charge in [0.1, 0.15) is 17.7 Å². The van der Waals surface area contributed by atoms with E-state index in [0.717, 1.165) is 69.0 Å². The summed E-state index contributed by atoms with van der Waals surface area (Å²) in [7, 11) is 1.66. The number of nitrogens with zero attached hydrogens (tertiary/aromatic N) is 2. The van der Waals surface area contributed by atoms with Crippen molar-refractivity contribution in [2.24, 2.45) is 5.92 Å². The number of fused-ring (bicyclic) bond motifs is 1. The standard InChI is InChI=1S/C28H39N3O4/c1-20(19-34-2)35-26-7-3-5-23(15-26)24(16-27(32)33)18-31-14-12-21(17-31)8-10-25-11-9-22-6-4-13-29-28(22)30-25/h3,5,7,9,11,15,20-21,24H,4,6,8,10,12-14,16-19H2,1-2H3,(H,29,30)(H,32,33)/t20-,21+,24?/m0/s1. The monoisotopic (exact) mass is 481 g/mol. The maximum Gasteiger partial charge on any atom is 0.304 e. The smallest absolute Gasteiger partial charge is 0.304 e. The number of methoxy groups -OCH3 is 1. The average Bonchev–Trinajstić information content (AvgIpc) is 3.29. The lowest BCUT2D eigenvalue weighted by molar-refractivity contribution is -0.137. The first-order valence-corrected chi connectivity index (χ1v) is 12.9. The Bertz CT molecular complexity index is 982. The fourth-order valence-corrected chi connectivity index (χ4v) is 5.33. The van der Waals surface area contributed by atoms with Gasteiger partial charge in [0.2, 0.25) is 0 Å². The molecule has 2 N–H and O–H groups in total. The number of nitrogens with one attached hydrogen (secondary N) is 1. The maximum absolute atomic E-state index is 11.7. The average molecular weight is 482 g/mol. The summed E-state index contributed by atoms with van der Waals surface area (Å²) in [4.78, 5) is 18.9. The minimum absolute atomic E-state index is 0.0621. The molecule has 7 nitrogen and oxygen atoms in total. The number of aromatic nitrogens is 1. The molecular weight excluding hydrogens is 442 g/mol. The van der Waals surface area contributed by atoms with E-state index in [4.69, 9.17) is 14.5 Å². The Balaban J connectivity index is 1.32. The van der Waals surface area contributed by atoms with Gasteiger partial charge in [-0.05, 0) is 80.8 Å². The summed E-state index contributed by atoms with van der Waals surface area (Å²) in [6, 6.07) is 12.3. The zero-order valence-corrected chi connectivity index (χ0v) is 21.0. The second-order valence-corrected chi connectivity index (χ2v) is 10.0. The molecule has 3 heterocycles. The molecular formula is C28H39N3O4. The van der Waals surface area contributed by atoms with Crippen LogP contribution in [0, 0.1) is 5.92 Å². The van der Waals surface area contributed by atoms with Crippen LogP contribution in [0.3, 0.4) is 0 Å². The first-order valence-electron chi connectivity index (χ1n) is 12.9. The first kappa shape index (κ1) is 25.5. The number of pyridine rings is 1. The molecule has 2 aromatic rings. The number of rotatable bonds is 12. The van der Waals surface area contributed by atoms with Crippen LogP contribution < -0.4 is 10.1 Å². The predicted molar refractivity (Wildman–Crippen MR) is 137 cm³/mol. The number of likely N-dealkylation sites (tertiary alicyclic amines) is 1. The highest BCUT2D eigenvalue weighted by Crippen LogP contribution is 2.29. The highest BCUT2D eigenvalue weighted by atomic mass is 16.5. The summed E-state index contributed by atoms with van der Waals surface area (Å²) in [5, 5.41) is 13.0. The lowest BCUT2D eigenvalue weighted by Crippen LogP contribution is -2.28. The Kier molecular flexibility index (Phi) is 8.99. The molecule has 1 aromatic carbocycles. The fraction of sp³-hybridized carbons (Fsp3) is 0.571. The molecule has 1 saturated heterocycles. The molecule has 0 amide bonds. The van der Waals surface area contributed by atoms with Crippen molar-refractivity contribution < 1.29 is 19.4 Å². The number of anilines is 1. The van der Waals surface area contributed by atoms with E-state index in [0.29, 0.717) is 12.5 Å². The zero-order valence-electron chi connectivity index (χ0n) is 21.0. The van der Waals surface area contributed by atoms with Gasteiger partial charge in [-0.1, -0.05) is 18.2 Å². The van der Waals surface area contributed by atoms with Crippen molar-refractivity contribution in [3.05, 3.63) is 53.2 Å². The summed E-state index contributed by atoms with van der Waals surface area (Å²) in [6.07, 6.45) is 5.61. The summed E-state index contributed by atoms with van der Waals surface area (Å²) in [5.41, 5.74) is 3.52. The van der Waals surface area contributed by atoms with Crippen LogP contribution in [0.4, 0.5) is 5.82 Å². The van der Waals surface area contributed by atoms with Crippen molar-refractivity contribution in [2.75, 3.05) is 45.2 Å². The van der Waals surface area contributed by atoms with Crippen molar-refractivity contribution in [3.63, 3.8) is 0 Å². The Morgan fingerprint density at radius 1 is 1.31 bits per heavy atom. The molecule has 190 valence electrons. The molecule has 0 spiro atoms. The van der Waals surface area contributed by atoms with Crippen LogP contribution in [-0.2, 0) is 22.4 Å². The lowest BCUT2D eigenvalue weighted by Gasteiger charge is -2.24. The molecule has 3 atom stereocenters. The van der Waals surface area contributed by atoms with Crippen molar-refractivity contribution in [1.29, 1.82) is 0 Å². The molecule has 0 radical (unpaired) electrons. The van der Waals surface area contributed by atoms with Crippen LogP contribution in [0.15, 0.2) is 36.4 Å². The predicted octanol–water partition coefficient (Wildman–Crippen LogP) is 4.37. The molecule has 0 bridgehead atoms. The number of hydrogen-bond acceptors (Lipinski definition) is 6. The third kappa shape index (κ3) is 7.42. The summed E-state index contributed by atoms with van der Waals surface area (Å²) in [6.45, 7) is 6.27. The Morgan fingerprint density at radius 2 is 2.20 bits per heavy atom. The van der Waals surface area contributed by atoms with Crippen LogP contribution in [0.1, 0.15) is 55.3 Å². The SMILES string of the molecule is COC[C@H](C)Oc1cccc(C(CC(=O)O)CN2CC[C@@H](CCc3ccc4c(n3)NCCC4)C2)c1. The van der Waals surface area contributed by atoms with Gasteiger partial charge in [-0.25, -0.2) is 4.98 Å². The normalized spacial score (nSPS) is 19.5. The summed E-state index contributed by atoms with van der Waals surface area (Å²) in [5.74, 6) is 1.61. The molecule has 2 aliphatic rings. The van der Waals surface area contributed by atoms with E-state index < -0.39 is 5.97 Å². The van der Waals surface area contributed by atoms with Crippen molar-refractivity contribution in [1.82, 2.24) is 9.88 Å². The largest absolute Gasteiger partial charge is 0.488 e. The maximum atomic E-state index is 11.7. The van der Waals surface area contributed by atoms with E-state index in [-0.39, 0.29) is 18.4 Å². The highest BCUT2D eigenvalue weighted by molar-refractivity contribution is 5.68. The van der Waals surface area contributed by atoms with E-state index in [2.05, 4.69) is 22.3 Å². The van der Waals surface area contributed by atoms with Gasteiger partial charge >= 0.3 is 5.97 Å². The van der Waals surface area contributed by atoms with Gasteiger partial charge in [0.15, 0.2) is 0 Å². The van der Waals surface area contributed by atoms with Crippen LogP contribution in [0.2, 0.25) is 0 Å². The van der Waals surface area contributed by atoms with Gasteiger partial charge < -0.3 is 24.8 Å². The van der Waals surface area contributed by atoms with Crippen LogP contribution in [0.25, 0.3) is 0 Å². The van der Waals surface area contributed by atoms with Gasteiger partial charge in [0.25, 0.3) is 0 Å². The number of aryl methyl sites for hydroxylation is 2. The Labute approximate surface area is 208 Å². The molecule has 7 heteroatoms. The summed E-state index contributed by atoms with van der Waals surface area (Å²) >= 11 is 0. The molecule has 2 aliphatic heterocycles. The second-order valence-electron chi connectivity index (χ2n) is 10.0. The van der Waals surface area contributed by atoms with E-state index in [1.807, 2.05) is 31.2 Å². The lowest BCUT2D eigenvalue weighted by atomic mass is 9.94. The molecule has 1 aromatic heterocycles. The van der Waals surface area contributed by atoms with Gasteiger partial charge in [-0.3, -0.25) is 4.79 Å². The molecule has 4 rings (SSSR count). The summed E-state index contributed by atoms with van der Waals surface area (Å²) < 4.78 is 11.1. The minimum atomic E-state index is -0.767. The van der Waals surface area contributed by atoms with Crippen LogP contribution in [0.5, 0.6) is 5.75 Å². The number of aliphatic carboxylic acids is 1. The van der Waals surface area contributed by atoms with Crippen molar-refractivity contribution >= 4 is 11.8 Å². The van der Waals surface area contributed by atoms with Gasteiger partial charge in [0.05, 0.1) is 13.0 Å². The first-order chi connectivity index (χ1) is 17.0. The van der Waals surface area contributed by atoms with Gasteiger partial charge in [-0.2, -0.15) is 0 Å². The Morgan fingerprint density at radius 3 is 3.03 bits per heavy atom. The fourth-order valence-electron chi connectivity index (χ4n) is 5.33. The van der Waals surface area contributed by atoms with E-state index in [9.17, 15) is 9.90 Å². The molecule has 1 unspecified atom stereocenters. The van der Waals surface area contributed by atoms with E-state index >= 15 is 0 Å². The second kappa shape index (κ2) is 12.4. The topological polar surface area (TPSA) is 83.9 Å². The molecule has 1 fully saturated rings. The molecule has 0 aliphatic carbocycles. The number of benzene rings is 1. The zero-order chi connectivity index (χ0) is 24.6. The van der Waals surface area contributed by atoms with Crippen molar-refractivity contribution in [3.8, 4) is 5.75 Å². The minimum Gasteiger partial charge on any atom is -0.488 e. The van der Waals surface area contributed by atoms with E-state index in [1.54, 1.807) is 7.11 Å². The number of carbonyl (C=O) groups is 1. The Hall–Kier alpha value is -2.64. The van der Waals surface area contributed by atoms with Crippen LogP contribution in [-0.4, -0.2) is 67.0 Å². The number of ether oxygens (including phenoxy) is 2. The van der Waals surface area contributed by atoms with E-state index in [1.165, 1.54) is 17.7 Å². The van der Waals surface area contributed by atoms with Gasteiger partial charge in [-0.15, -0.1) is 0 Å². The van der Waals surface area contributed by atoms with Crippen molar-refractivity contribution in [2.45, 2.75) is 57.5 Å². The van der Waals surface area contributed by atoms with Crippen LogP contribution >= 0.6 is 0 Å². The molecule has 0 saturated carbocycles. The third-order valence-electron chi connectivity index (χ3n) is 7.10. The number of carboxylic acids is 1. The number of carboxylic acid groups (broad SMARTS) is 1.